The maximum Gasteiger partial charge on any atom is 0.387 e. The fourth-order valence-electron chi connectivity index (χ4n) is 2.76. The van der Waals surface area contributed by atoms with Gasteiger partial charge in [0.15, 0.2) is 0 Å². The zero-order valence-electron chi connectivity index (χ0n) is 15.0. The van der Waals surface area contributed by atoms with E-state index in [0.717, 1.165) is 0 Å². The van der Waals surface area contributed by atoms with E-state index in [4.69, 9.17) is 16.3 Å². The maximum absolute atomic E-state index is 12.9. The fraction of sp³-hybridized carbons (Fsp3) is 0.278. The van der Waals surface area contributed by atoms with Crippen LogP contribution in [0.2, 0.25) is 5.02 Å². The highest BCUT2D eigenvalue weighted by Crippen LogP contribution is 2.29. The minimum absolute atomic E-state index is 0.00377. The summed E-state index contributed by atoms with van der Waals surface area (Å²) in [7, 11) is -3.89. The van der Waals surface area contributed by atoms with E-state index in [1.807, 2.05) is 0 Å². The fourth-order valence-corrected chi connectivity index (χ4v) is 4.66. The van der Waals surface area contributed by atoms with Gasteiger partial charge in [-0.2, -0.15) is 13.1 Å². The van der Waals surface area contributed by atoms with Crippen LogP contribution < -0.4 is 10.1 Å². The van der Waals surface area contributed by atoms with Crippen molar-refractivity contribution in [2.75, 3.05) is 31.6 Å². The number of amides is 1. The predicted molar refractivity (Wildman–Crippen MR) is 102 cm³/mol. The summed E-state index contributed by atoms with van der Waals surface area (Å²) in [5, 5.41) is 2.48. The first-order valence-corrected chi connectivity index (χ1v) is 10.3. The highest BCUT2D eigenvalue weighted by molar-refractivity contribution is 7.89. The second-order valence-corrected chi connectivity index (χ2v) is 8.30. The normalized spacial score (nSPS) is 15.3. The van der Waals surface area contributed by atoms with Crippen LogP contribution in [0.4, 0.5) is 14.5 Å². The van der Waals surface area contributed by atoms with Gasteiger partial charge in [0.05, 0.1) is 23.8 Å². The second kappa shape index (κ2) is 9.04. The van der Waals surface area contributed by atoms with Crippen LogP contribution in [0, 0.1) is 0 Å². The Hall–Kier alpha value is -2.27. The van der Waals surface area contributed by atoms with Crippen LogP contribution in [0.3, 0.4) is 0 Å². The first kappa shape index (κ1) is 21.4. The van der Waals surface area contributed by atoms with Crippen LogP contribution >= 0.6 is 11.6 Å². The molecule has 0 radical (unpaired) electrons. The molecule has 0 aliphatic carbocycles. The molecule has 0 atom stereocenters. The number of sulfonamides is 1. The van der Waals surface area contributed by atoms with Crippen LogP contribution in [0.1, 0.15) is 10.4 Å². The van der Waals surface area contributed by atoms with E-state index in [1.165, 1.54) is 46.8 Å². The van der Waals surface area contributed by atoms with Crippen molar-refractivity contribution < 1.29 is 31.5 Å². The Morgan fingerprint density at radius 1 is 1.17 bits per heavy atom. The monoisotopic (exact) mass is 446 g/mol. The molecular weight excluding hydrogens is 430 g/mol. The lowest BCUT2D eigenvalue weighted by Gasteiger charge is -2.26. The Labute approximate surface area is 171 Å². The molecule has 3 rings (SSSR count). The number of ether oxygens (including phenoxy) is 2. The highest BCUT2D eigenvalue weighted by Gasteiger charge is 2.29. The largest absolute Gasteiger partial charge is 0.434 e. The maximum atomic E-state index is 12.9. The van der Waals surface area contributed by atoms with Crippen molar-refractivity contribution >= 4 is 33.2 Å². The van der Waals surface area contributed by atoms with Gasteiger partial charge in [0.25, 0.3) is 5.91 Å². The van der Waals surface area contributed by atoms with Crippen molar-refractivity contribution in [3.05, 3.63) is 53.1 Å². The number of carbonyl (C=O) groups excluding carboxylic acids is 1. The third-order valence-electron chi connectivity index (χ3n) is 4.12. The quantitative estimate of drug-likeness (QED) is 0.736. The van der Waals surface area contributed by atoms with E-state index < -0.39 is 22.5 Å². The lowest BCUT2D eigenvalue weighted by atomic mass is 10.2. The van der Waals surface area contributed by atoms with E-state index in [1.54, 1.807) is 0 Å². The summed E-state index contributed by atoms with van der Waals surface area (Å²) in [6, 6.07) is 9.46. The Morgan fingerprint density at radius 2 is 1.86 bits per heavy atom. The molecule has 1 fully saturated rings. The third-order valence-corrected chi connectivity index (χ3v) is 6.50. The number of para-hydroxylation sites is 1. The highest BCUT2D eigenvalue weighted by atomic mass is 35.5. The summed E-state index contributed by atoms with van der Waals surface area (Å²) < 4.78 is 61.6. The Kier molecular flexibility index (Phi) is 6.68. The summed E-state index contributed by atoms with van der Waals surface area (Å²) >= 11 is 6.08. The number of hydrogen-bond acceptors (Lipinski definition) is 5. The molecule has 156 valence electrons. The van der Waals surface area contributed by atoms with Gasteiger partial charge in [-0.1, -0.05) is 23.7 Å². The molecule has 1 saturated heterocycles. The number of nitrogens with one attached hydrogen (secondary N) is 1. The molecule has 0 aromatic heterocycles. The van der Waals surface area contributed by atoms with Gasteiger partial charge >= 0.3 is 6.61 Å². The zero-order valence-corrected chi connectivity index (χ0v) is 16.6. The molecule has 1 heterocycles. The second-order valence-electron chi connectivity index (χ2n) is 5.99. The molecule has 0 saturated carbocycles. The molecule has 0 bridgehead atoms. The Morgan fingerprint density at radius 3 is 2.55 bits per heavy atom. The molecule has 0 spiro atoms. The van der Waals surface area contributed by atoms with E-state index in [-0.39, 0.29) is 53.2 Å². The predicted octanol–water partition coefficient (Wildman–Crippen LogP) is 3.21. The number of nitrogens with zero attached hydrogens (tertiary/aromatic N) is 1. The number of rotatable bonds is 6. The molecular formula is C18H17ClF2N2O5S. The smallest absolute Gasteiger partial charge is 0.387 e. The Balaban J connectivity index is 1.86. The first-order valence-electron chi connectivity index (χ1n) is 8.51. The molecule has 1 N–H and O–H groups in total. The average molecular weight is 447 g/mol. The van der Waals surface area contributed by atoms with Crippen LogP contribution in [-0.2, 0) is 14.8 Å². The molecule has 1 amide bonds. The number of halogens is 3. The van der Waals surface area contributed by atoms with Gasteiger partial charge in [-0.3, -0.25) is 4.79 Å². The van der Waals surface area contributed by atoms with Gasteiger partial charge in [-0.05, 0) is 30.3 Å². The number of benzene rings is 2. The molecule has 11 heteroatoms. The summed E-state index contributed by atoms with van der Waals surface area (Å²) in [5.41, 5.74) is 0.0124. The van der Waals surface area contributed by atoms with E-state index in [0.29, 0.717) is 0 Å². The van der Waals surface area contributed by atoms with Crippen molar-refractivity contribution in [1.29, 1.82) is 0 Å². The minimum Gasteiger partial charge on any atom is -0.434 e. The van der Waals surface area contributed by atoms with Gasteiger partial charge in [0.1, 0.15) is 10.6 Å². The Bertz CT molecular complexity index is 997. The van der Waals surface area contributed by atoms with Crippen LogP contribution in [0.15, 0.2) is 47.4 Å². The van der Waals surface area contributed by atoms with Crippen molar-refractivity contribution in [3.8, 4) is 5.75 Å². The van der Waals surface area contributed by atoms with Gasteiger partial charge < -0.3 is 14.8 Å². The first-order chi connectivity index (χ1) is 13.8. The van der Waals surface area contributed by atoms with Crippen molar-refractivity contribution in [3.63, 3.8) is 0 Å². The number of morpholine rings is 1. The summed E-state index contributed by atoms with van der Waals surface area (Å²) in [6.07, 6.45) is 0. The topological polar surface area (TPSA) is 84.9 Å². The number of carbonyl (C=O) groups is 1. The van der Waals surface area contributed by atoms with Crippen LogP contribution in [0.5, 0.6) is 5.75 Å². The van der Waals surface area contributed by atoms with Crippen molar-refractivity contribution in [1.82, 2.24) is 4.31 Å². The third kappa shape index (κ3) is 5.02. The molecule has 7 nitrogen and oxygen atoms in total. The van der Waals surface area contributed by atoms with Gasteiger partial charge in [0.2, 0.25) is 10.0 Å². The van der Waals surface area contributed by atoms with Crippen LogP contribution in [0.25, 0.3) is 0 Å². The van der Waals surface area contributed by atoms with E-state index in [2.05, 4.69) is 10.1 Å². The lowest BCUT2D eigenvalue weighted by molar-refractivity contribution is -0.0501. The zero-order chi connectivity index (χ0) is 21.0. The summed E-state index contributed by atoms with van der Waals surface area (Å²) in [5.74, 6) is -1.03. The number of alkyl halides is 2. The van der Waals surface area contributed by atoms with Crippen LogP contribution in [-0.4, -0.2) is 51.5 Å². The number of anilines is 1. The van der Waals surface area contributed by atoms with Crippen molar-refractivity contribution in [2.45, 2.75) is 11.5 Å². The minimum atomic E-state index is -3.89. The molecule has 29 heavy (non-hydrogen) atoms. The van der Waals surface area contributed by atoms with E-state index >= 15 is 0 Å². The molecule has 2 aromatic rings. The lowest BCUT2D eigenvalue weighted by Crippen LogP contribution is -2.40. The molecule has 2 aromatic carbocycles. The molecule has 0 unspecified atom stereocenters. The standard InChI is InChI=1S/C18H17ClF2N2O5S/c19-14-6-5-12(11-16(14)29(25,26)23-7-9-27-10-8-23)22-17(24)13-3-1-2-4-15(13)28-18(20)21/h1-6,11,18H,7-10H2,(H,22,24). The van der Waals surface area contributed by atoms with E-state index in [9.17, 15) is 22.0 Å². The summed E-state index contributed by atoms with van der Waals surface area (Å²) in [4.78, 5) is 12.3. The summed E-state index contributed by atoms with van der Waals surface area (Å²) in [6.45, 7) is -2.17. The van der Waals surface area contributed by atoms with Gasteiger partial charge in [-0.15, -0.1) is 0 Å². The number of hydrogen-bond donors (Lipinski definition) is 1. The SMILES string of the molecule is O=C(Nc1ccc(Cl)c(S(=O)(=O)N2CCOCC2)c1)c1ccccc1OC(F)F. The molecule has 1 aliphatic rings. The average Bonchev–Trinajstić information content (AvgIpc) is 2.70. The van der Waals surface area contributed by atoms with Gasteiger partial charge in [-0.25, -0.2) is 8.42 Å². The molecule has 1 aliphatic heterocycles. The van der Waals surface area contributed by atoms with Gasteiger partial charge in [0, 0.05) is 18.8 Å². The van der Waals surface area contributed by atoms with Crippen molar-refractivity contribution in [2.24, 2.45) is 0 Å².